The van der Waals surface area contributed by atoms with Gasteiger partial charge in [-0.3, -0.25) is 4.99 Å². The summed E-state index contributed by atoms with van der Waals surface area (Å²) >= 11 is 0. The second-order valence-electron chi connectivity index (χ2n) is 6.08. The molecule has 1 heterocycles. The average Bonchev–Trinajstić information content (AvgIpc) is 2.70. The highest BCUT2D eigenvalue weighted by Crippen LogP contribution is 2.27. The van der Waals surface area contributed by atoms with Gasteiger partial charge in [-0.05, 0) is 37.0 Å². The van der Waals surface area contributed by atoms with Crippen LogP contribution >= 0.6 is 24.0 Å². The number of aliphatic imine (C=N–C) groups is 1. The lowest BCUT2D eigenvalue weighted by atomic mass is 10.1. The summed E-state index contributed by atoms with van der Waals surface area (Å²) < 4.78 is 21.8. The minimum absolute atomic E-state index is 0. The first-order valence-corrected chi connectivity index (χ1v) is 9.11. The van der Waals surface area contributed by atoms with Gasteiger partial charge in [0.2, 0.25) is 0 Å². The van der Waals surface area contributed by atoms with Crippen LogP contribution in [0.15, 0.2) is 23.2 Å². The number of benzene rings is 1. The number of hydrogen-bond donors (Lipinski definition) is 2. The van der Waals surface area contributed by atoms with Gasteiger partial charge in [0, 0.05) is 40.0 Å². The molecule has 0 saturated carbocycles. The minimum Gasteiger partial charge on any atom is -0.493 e. The maximum absolute atomic E-state index is 5.87. The van der Waals surface area contributed by atoms with Gasteiger partial charge in [-0.2, -0.15) is 0 Å². The lowest BCUT2D eigenvalue weighted by Gasteiger charge is -2.22. The zero-order valence-corrected chi connectivity index (χ0v) is 18.8. The van der Waals surface area contributed by atoms with Crippen molar-refractivity contribution in [2.75, 3.05) is 47.6 Å². The van der Waals surface area contributed by atoms with E-state index in [0.29, 0.717) is 12.6 Å². The molecule has 1 aliphatic rings. The Balaban J connectivity index is 0.00000364. The van der Waals surface area contributed by atoms with E-state index in [9.17, 15) is 0 Å². The molecule has 0 aromatic heterocycles. The summed E-state index contributed by atoms with van der Waals surface area (Å²) in [5.74, 6) is 2.22. The molecule has 8 heteroatoms. The fourth-order valence-corrected chi connectivity index (χ4v) is 2.77. The standard InChI is InChI=1S/C19H31N3O4.HI/c1-20-19(21-9-4-10-26-16-7-11-25-12-8-16)22-14-15-5-6-17(23-2)18(13-15)24-3;/h5-6,13,16H,4,7-12,14H2,1-3H3,(H2,20,21,22);1H. The first-order chi connectivity index (χ1) is 12.8. The Morgan fingerprint density at radius 2 is 1.89 bits per heavy atom. The van der Waals surface area contributed by atoms with Gasteiger partial charge in [0.25, 0.3) is 0 Å². The normalized spacial score (nSPS) is 15.0. The van der Waals surface area contributed by atoms with E-state index in [2.05, 4.69) is 15.6 Å². The predicted molar refractivity (Wildman–Crippen MR) is 118 cm³/mol. The molecule has 0 aliphatic carbocycles. The predicted octanol–water partition coefficient (Wildman–Crippen LogP) is 2.57. The third kappa shape index (κ3) is 8.52. The van der Waals surface area contributed by atoms with Gasteiger partial charge in [-0.1, -0.05) is 6.07 Å². The van der Waals surface area contributed by atoms with Crippen LogP contribution in [0.3, 0.4) is 0 Å². The summed E-state index contributed by atoms with van der Waals surface area (Å²) in [6.07, 6.45) is 3.30. The molecule has 0 unspecified atom stereocenters. The largest absolute Gasteiger partial charge is 0.493 e. The van der Waals surface area contributed by atoms with Gasteiger partial charge in [-0.25, -0.2) is 0 Å². The van der Waals surface area contributed by atoms with E-state index in [-0.39, 0.29) is 24.0 Å². The van der Waals surface area contributed by atoms with Gasteiger partial charge in [-0.15, -0.1) is 24.0 Å². The molecule has 2 rings (SSSR count). The number of ether oxygens (including phenoxy) is 4. The molecule has 0 atom stereocenters. The van der Waals surface area contributed by atoms with Crippen molar-refractivity contribution in [2.24, 2.45) is 4.99 Å². The molecule has 7 nitrogen and oxygen atoms in total. The molecule has 0 spiro atoms. The van der Waals surface area contributed by atoms with Crippen LogP contribution in [0.5, 0.6) is 11.5 Å². The number of hydrogen-bond acceptors (Lipinski definition) is 5. The van der Waals surface area contributed by atoms with Crippen molar-refractivity contribution in [3.63, 3.8) is 0 Å². The maximum Gasteiger partial charge on any atom is 0.191 e. The Labute approximate surface area is 179 Å². The van der Waals surface area contributed by atoms with Crippen LogP contribution in [-0.2, 0) is 16.0 Å². The van der Waals surface area contributed by atoms with Gasteiger partial charge in [0.05, 0.1) is 20.3 Å². The average molecular weight is 493 g/mol. The van der Waals surface area contributed by atoms with Crippen molar-refractivity contribution in [2.45, 2.75) is 31.9 Å². The first-order valence-electron chi connectivity index (χ1n) is 9.11. The van der Waals surface area contributed by atoms with Crippen molar-refractivity contribution in [3.05, 3.63) is 23.8 Å². The Bertz CT molecular complexity index is 566. The van der Waals surface area contributed by atoms with Gasteiger partial charge in [0.15, 0.2) is 17.5 Å². The number of halogens is 1. The fraction of sp³-hybridized carbons (Fsp3) is 0.632. The molecular weight excluding hydrogens is 461 g/mol. The number of rotatable bonds is 9. The topological polar surface area (TPSA) is 73.3 Å². The molecule has 154 valence electrons. The number of guanidine groups is 1. The van der Waals surface area contributed by atoms with Crippen molar-refractivity contribution in [1.29, 1.82) is 0 Å². The Kier molecular flexibility index (Phi) is 12.2. The summed E-state index contributed by atoms with van der Waals surface area (Å²) in [6, 6.07) is 5.86. The van der Waals surface area contributed by atoms with Crippen molar-refractivity contribution < 1.29 is 18.9 Å². The third-order valence-electron chi connectivity index (χ3n) is 4.27. The molecule has 1 aromatic rings. The molecular formula is C19H32IN3O4. The highest BCUT2D eigenvalue weighted by atomic mass is 127. The van der Waals surface area contributed by atoms with Gasteiger partial charge >= 0.3 is 0 Å². The monoisotopic (exact) mass is 493 g/mol. The van der Waals surface area contributed by atoms with Crippen molar-refractivity contribution in [1.82, 2.24) is 10.6 Å². The molecule has 1 fully saturated rings. The van der Waals surface area contributed by atoms with E-state index in [1.54, 1.807) is 21.3 Å². The Morgan fingerprint density at radius 3 is 2.56 bits per heavy atom. The van der Waals surface area contributed by atoms with Crippen molar-refractivity contribution in [3.8, 4) is 11.5 Å². The van der Waals surface area contributed by atoms with Crippen LogP contribution in [0.2, 0.25) is 0 Å². The zero-order chi connectivity index (χ0) is 18.6. The summed E-state index contributed by atoms with van der Waals surface area (Å²) in [6.45, 7) is 3.85. The second kappa shape index (κ2) is 13.8. The van der Waals surface area contributed by atoms with E-state index < -0.39 is 0 Å². The Morgan fingerprint density at radius 1 is 1.15 bits per heavy atom. The van der Waals surface area contributed by atoms with Crippen LogP contribution in [0.4, 0.5) is 0 Å². The maximum atomic E-state index is 5.87. The molecule has 0 bridgehead atoms. The van der Waals surface area contributed by atoms with Crippen LogP contribution in [-0.4, -0.2) is 59.7 Å². The van der Waals surface area contributed by atoms with Crippen LogP contribution < -0.4 is 20.1 Å². The lowest BCUT2D eigenvalue weighted by Crippen LogP contribution is -2.37. The molecule has 1 aliphatic heterocycles. The van der Waals surface area contributed by atoms with Crippen LogP contribution in [0.25, 0.3) is 0 Å². The highest BCUT2D eigenvalue weighted by Gasteiger charge is 2.13. The molecule has 0 radical (unpaired) electrons. The van der Waals surface area contributed by atoms with E-state index in [1.807, 2.05) is 18.2 Å². The summed E-state index contributed by atoms with van der Waals surface area (Å²) in [5, 5.41) is 6.61. The number of methoxy groups -OCH3 is 2. The SMILES string of the molecule is CN=C(NCCCOC1CCOCC1)NCc1ccc(OC)c(OC)c1.I. The molecule has 0 amide bonds. The summed E-state index contributed by atoms with van der Waals surface area (Å²) in [4.78, 5) is 4.25. The smallest absolute Gasteiger partial charge is 0.191 e. The van der Waals surface area contributed by atoms with Gasteiger partial charge in [0.1, 0.15) is 0 Å². The van der Waals surface area contributed by atoms with E-state index >= 15 is 0 Å². The molecule has 1 aromatic carbocycles. The molecule has 2 N–H and O–H groups in total. The highest BCUT2D eigenvalue weighted by molar-refractivity contribution is 14.0. The molecule has 27 heavy (non-hydrogen) atoms. The summed E-state index contributed by atoms with van der Waals surface area (Å²) in [5.41, 5.74) is 1.09. The van der Waals surface area contributed by atoms with Crippen LogP contribution in [0.1, 0.15) is 24.8 Å². The van der Waals surface area contributed by atoms with Gasteiger partial charge < -0.3 is 29.6 Å². The first kappa shape index (κ1) is 23.8. The van der Waals surface area contributed by atoms with E-state index in [0.717, 1.165) is 68.6 Å². The zero-order valence-electron chi connectivity index (χ0n) is 16.5. The fourth-order valence-electron chi connectivity index (χ4n) is 2.77. The Hall–Kier alpha value is -1.26. The third-order valence-corrected chi connectivity index (χ3v) is 4.27. The lowest BCUT2D eigenvalue weighted by molar-refractivity contribution is -0.0320. The van der Waals surface area contributed by atoms with E-state index in [1.165, 1.54) is 0 Å². The minimum atomic E-state index is 0. The number of nitrogens with zero attached hydrogens (tertiary/aromatic N) is 1. The number of nitrogens with one attached hydrogen (secondary N) is 2. The second-order valence-corrected chi connectivity index (χ2v) is 6.08. The van der Waals surface area contributed by atoms with E-state index in [4.69, 9.17) is 18.9 Å². The van der Waals surface area contributed by atoms with Crippen molar-refractivity contribution >= 4 is 29.9 Å². The van der Waals surface area contributed by atoms with Crippen LogP contribution in [0, 0.1) is 0 Å². The molecule has 1 saturated heterocycles. The summed E-state index contributed by atoms with van der Waals surface area (Å²) in [7, 11) is 5.04. The quantitative estimate of drug-likeness (QED) is 0.239.